The van der Waals surface area contributed by atoms with Crippen molar-refractivity contribution in [1.82, 2.24) is 10.2 Å². The van der Waals surface area contributed by atoms with E-state index in [1.165, 1.54) is 0 Å². The second-order valence-electron chi connectivity index (χ2n) is 5.07. The fourth-order valence-corrected chi connectivity index (χ4v) is 3.21. The summed E-state index contributed by atoms with van der Waals surface area (Å²) in [6, 6.07) is 8.34. The summed E-state index contributed by atoms with van der Waals surface area (Å²) in [4.78, 5) is 13.7. The first-order chi connectivity index (χ1) is 10.5. The van der Waals surface area contributed by atoms with Crippen LogP contribution in [-0.4, -0.2) is 65.4 Å². The monoisotopic (exact) mass is 328 g/mol. The van der Waals surface area contributed by atoms with Crippen molar-refractivity contribution in [2.45, 2.75) is 11.3 Å². The molecule has 1 N–H and O–H groups in total. The van der Waals surface area contributed by atoms with E-state index in [2.05, 4.69) is 5.32 Å². The van der Waals surface area contributed by atoms with Gasteiger partial charge in [0.05, 0.1) is 17.2 Å². The van der Waals surface area contributed by atoms with E-state index in [0.717, 1.165) is 6.42 Å². The summed E-state index contributed by atoms with van der Waals surface area (Å²) in [5.41, 5.74) is 0. The molecule has 22 heavy (non-hydrogen) atoms. The number of carbonyl (C=O) groups excluding carboxylic acids is 1. The van der Waals surface area contributed by atoms with E-state index in [1.54, 1.807) is 49.4 Å². The van der Waals surface area contributed by atoms with Gasteiger partial charge in [-0.2, -0.15) is 0 Å². The zero-order valence-corrected chi connectivity index (χ0v) is 13.9. The molecule has 0 radical (unpaired) electrons. The smallest absolute Gasteiger partial charge is 0.234 e. The molecule has 0 bridgehead atoms. The Bertz CT molecular complexity index is 546. The Morgan fingerprint density at radius 2 is 1.95 bits per heavy atom. The number of ether oxygens (including phenoxy) is 1. The minimum absolute atomic E-state index is 0.00946. The fourth-order valence-electron chi connectivity index (χ4n) is 1.85. The van der Waals surface area contributed by atoms with Crippen molar-refractivity contribution < 1.29 is 17.9 Å². The van der Waals surface area contributed by atoms with E-state index >= 15 is 0 Å². The Morgan fingerprint density at radius 1 is 1.27 bits per heavy atom. The fraction of sp³-hybridized carbons (Fsp3) is 0.533. The topological polar surface area (TPSA) is 75.7 Å². The second kappa shape index (κ2) is 9.55. The number of benzene rings is 1. The van der Waals surface area contributed by atoms with Crippen LogP contribution in [0.2, 0.25) is 0 Å². The van der Waals surface area contributed by atoms with Gasteiger partial charge in [0, 0.05) is 26.8 Å². The standard InChI is InChI=1S/C15H24N2O4S/c1-17(13-15(18)16-9-6-11-21-2)10-12-22(19,20)14-7-4-3-5-8-14/h3-5,7-8H,6,9-13H2,1-2H3,(H,16,18). The summed E-state index contributed by atoms with van der Waals surface area (Å²) < 4.78 is 29.1. The van der Waals surface area contributed by atoms with Crippen molar-refractivity contribution in [1.29, 1.82) is 0 Å². The van der Waals surface area contributed by atoms with Crippen LogP contribution in [0.15, 0.2) is 35.2 Å². The predicted octanol–water partition coefficient (Wildman–Crippen LogP) is 0.545. The summed E-state index contributed by atoms with van der Waals surface area (Å²) in [5.74, 6) is -0.125. The summed E-state index contributed by atoms with van der Waals surface area (Å²) in [6.45, 7) is 1.65. The molecule has 124 valence electrons. The van der Waals surface area contributed by atoms with Gasteiger partial charge in [0.1, 0.15) is 0 Å². The number of hydrogen-bond donors (Lipinski definition) is 1. The first kappa shape index (κ1) is 18.6. The summed E-state index contributed by atoms with van der Waals surface area (Å²) >= 11 is 0. The van der Waals surface area contributed by atoms with Gasteiger partial charge in [-0.1, -0.05) is 18.2 Å². The van der Waals surface area contributed by atoms with Crippen LogP contribution in [0.25, 0.3) is 0 Å². The second-order valence-corrected chi connectivity index (χ2v) is 7.18. The molecule has 1 aromatic rings. The Balaban J connectivity index is 2.33. The number of sulfone groups is 1. The number of nitrogens with zero attached hydrogens (tertiary/aromatic N) is 1. The van der Waals surface area contributed by atoms with Crippen LogP contribution < -0.4 is 5.32 Å². The first-order valence-corrected chi connectivity index (χ1v) is 8.83. The summed E-state index contributed by atoms with van der Waals surface area (Å²) in [5, 5.41) is 2.77. The highest BCUT2D eigenvalue weighted by atomic mass is 32.2. The van der Waals surface area contributed by atoms with Crippen LogP contribution in [0.5, 0.6) is 0 Å². The van der Waals surface area contributed by atoms with Gasteiger partial charge in [-0.25, -0.2) is 8.42 Å². The van der Waals surface area contributed by atoms with E-state index in [9.17, 15) is 13.2 Å². The van der Waals surface area contributed by atoms with Gasteiger partial charge in [-0.3, -0.25) is 9.69 Å². The largest absolute Gasteiger partial charge is 0.385 e. The highest BCUT2D eigenvalue weighted by molar-refractivity contribution is 7.91. The number of nitrogens with one attached hydrogen (secondary N) is 1. The lowest BCUT2D eigenvalue weighted by atomic mass is 10.4. The molecule has 1 amide bonds. The molecule has 0 atom stereocenters. The third-order valence-corrected chi connectivity index (χ3v) is 4.82. The van der Waals surface area contributed by atoms with Crippen molar-refractivity contribution in [3.63, 3.8) is 0 Å². The molecule has 0 saturated carbocycles. The van der Waals surface area contributed by atoms with Crippen LogP contribution in [0.3, 0.4) is 0 Å². The van der Waals surface area contributed by atoms with Gasteiger partial charge in [0.25, 0.3) is 0 Å². The molecule has 0 heterocycles. The average Bonchev–Trinajstić information content (AvgIpc) is 2.51. The highest BCUT2D eigenvalue weighted by Gasteiger charge is 2.15. The molecule has 0 saturated heterocycles. The Morgan fingerprint density at radius 3 is 2.59 bits per heavy atom. The van der Waals surface area contributed by atoms with Crippen molar-refractivity contribution in [3.8, 4) is 0 Å². The molecule has 0 fully saturated rings. The first-order valence-electron chi connectivity index (χ1n) is 7.17. The number of methoxy groups -OCH3 is 1. The van der Waals surface area contributed by atoms with Crippen LogP contribution in [-0.2, 0) is 19.4 Å². The third kappa shape index (κ3) is 7.02. The molecule has 0 aliphatic heterocycles. The van der Waals surface area contributed by atoms with Crippen LogP contribution >= 0.6 is 0 Å². The summed E-state index contributed by atoms with van der Waals surface area (Å²) in [6.07, 6.45) is 0.758. The lowest BCUT2D eigenvalue weighted by molar-refractivity contribution is -0.121. The molecule has 0 unspecified atom stereocenters. The average molecular weight is 328 g/mol. The van der Waals surface area contributed by atoms with E-state index in [0.29, 0.717) is 24.6 Å². The van der Waals surface area contributed by atoms with Gasteiger partial charge in [-0.15, -0.1) is 0 Å². The molecule has 6 nitrogen and oxygen atoms in total. The number of rotatable bonds is 10. The Hall–Kier alpha value is -1.44. The zero-order valence-electron chi connectivity index (χ0n) is 13.1. The van der Waals surface area contributed by atoms with E-state index in [-0.39, 0.29) is 18.2 Å². The number of hydrogen-bond acceptors (Lipinski definition) is 5. The maximum atomic E-state index is 12.1. The number of likely N-dealkylation sites (N-methyl/N-ethyl adjacent to an activating group) is 1. The maximum Gasteiger partial charge on any atom is 0.234 e. The van der Waals surface area contributed by atoms with E-state index in [4.69, 9.17) is 4.74 Å². The van der Waals surface area contributed by atoms with Gasteiger partial charge >= 0.3 is 0 Å². The predicted molar refractivity (Wildman–Crippen MR) is 85.5 cm³/mol. The molecule has 0 spiro atoms. The SMILES string of the molecule is COCCCNC(=O)CN(C)CCS(=O)(=O)c1ccccc1. The molecule has 1 aromatic carbocycles. The van der Waals surface area contributed by atoms with E-state index < -0.39 is 9.84 Å². The van der Waals surface area contributed by atoms with Crippen molar-refractivity contribution >= 4 is 15.7 Å². The normalized spacial score (nSPS) is 11.6. The van der Waals surface area contributed by atoms with Gasteiger partial charge in [0.15, 0.2) is 9.84 Å². The summed E-state index contributed by atoms with van der Waals surface area (Å²) in [7, 11) is 0.0399. The molecular formula is C15H24N2O4S. The lowest BCUT2D eigenvalue weighted by Crippen LogP contribution is -2.37. The van der Waals surface area contributed by atoms with Gasteiger partial charge < -0.3 is 10.1 Å². The lowest BCUT2D eigenvalue weighted by Gasteiger charge is -2.16. The molecular weight excluding hydrogens is 304 g/mol. The quantitative estimate of drug-likeness (QED) is 0.635. The number of carbonyl (C=O) groups is 1. The Kier molecular flexibility index (Phi) is 8.08. The maximum absolute atomic E-state index is 12.1. The molecule has 0 aliphatic rings. The molecule has 0 aliphatic carbocycles. The minimum Gasteiger partial charge on any atom is -0.385 e. The highest BCUT2D eigenvalue weighted by Crippen LogP contribution is 2.09. The molecule has 1 rings (SSSR count). The Labute approximate surface area is 132 Å². The molecule has 0 aromatic heterocycles. The number of amides is 1. The minimum atomic E-state index is -3.31. The van der Waals surface area contributed by atoms with Crippen molar-refractivity contribution in [3.05, 3.63) is 30.3 Å². The van der Waals surface area contributed by atoms with Crippen molar-refractivity contribution in [2.24, 2.45) is 0 Å². The third-order valence-electron chi connectivity index (χ3n) is 3.10. The van der Waals surface area contributed by atoms with Crippen molar-refractivity contribution in [2.75, 3.05) is 46.2 Å². The van der Waals surface area contributed by atoms with Crippen LogP contribution in [0.4, 0.5) is 0 Å². The van der Waals surface area contributed by atoms with Gasteiger partial charge in [-0.05, 0) is 25.6 Å². The zero-order chi connectivity index (χ0) is 16.4. The van der Waals surface area contributed by atoms with E-state index in [1.807, 2.05) is 0 Å². The van der Waals surface area contributed by atoms with Gasteiger partial charge in [0.2, 0.25) is 5.91 Å². The van der Waals surface area contributed by atoms with Crippen LogP contribution in [0.1, 0.15) is 6.42 Å². The van der Waals surface area contributed by atoms with Crippen LogP contribution in [0, 0.1) is 0 Å². The molecule has 7 heteroatoms.